The van der Waals surface area contributed by atoms with E-state index in [-0.39, 0.29) is 27.6 Å². The van der Waals surface area contributed by atoms with E-state index in [0.717, 1.165) is 0 Å². The highest BCUT2D eigenvalue weighted by atomic mass is 31.0. The summed E-state index contributed by atoms with van der Waals surface area (Å²) in [5.74, 6) is -9.46. The summed E-state index contributed by atoms with van der Waals surface area (Å²) in [7, 11) is 37.8. The van der Waals surface area contributed by atoms with Crippen molar-refractivity contribution in [2.45, 2.75) is 12.8 Å². The fourth-order valence-electron chi connectivity index (χ4n) is 5.56. The van der Waals surface area contributed by atoms with Crippen LogP contribution in [0, 0.1) is 104 Å². The molecule has 0 heterocycles. The lowest BCUT2D eigenvalue weighted by Crippen LogP contribution is -2.41. The predicted molar refractivity (Wildman–Crippen MR) is 177 cm³/mol. The minimum absolute atomic E-state index is 0.0358. The molecule has 12 radical (unpaired) electrons. The maximum Gasteiger partial charge on any atom is 0.176 e. The molecule has 3 aromatic rings. The molecule has 3 aromatic carbocycles. The van der Waals surface area contributed by atoms with Gasteiger partial charge >= 0.3 is 0 Å². The van der Waals surface area contributed by atoms with E-state index in [1.165, 1.54) is 19.1 Å². The first kappa shape index (κ1) is 35.5. The van der Waals surface area contributed by atoms with Gasteiger partial charge in [-0.3, -0.25) is 0 Å². The number of nitrogens with zero attached hydrogens (tertiary/aromatic N) is 6. The smallest absolute Gasteiger partial charge is 0.176 e. The maximum atomic E-state index is 15.9. The number of nitriles is 6. The van der Waals surface area contributed by atoms with Gasteiger partial charge in [-0.2, -0.15) is 31.6 Å². The number of hydrogen-bond acceptors (Lipinski definition) is 6. The highest BCUT2D eigenvalue weighted by Crippen LogP contribution is 2.59. The van der Waals surface area contributed by atoms with Crippen LogP contribution in [0.3, 0.4) is 0 Å². The molecule has 3 unspecified atom stereocenters. The van der Waals surface area contributed by atoms with Crippen LogP contribution in [0.4, 0.5) is 17.6 Å². The summed E-state index contributed by atoms with van der Waals surface area (Å²) >= 11 is 0. The minimum Gasteiger partial charge on any atom is -0.207 e. The van der Waals surface area contributed by atoms with Crippen LogP contribution < -0.4 is 38.1 Å². The predicted octanol–water partition coefficient (Wildman–Crippen LogP) is -1.38. The van der Waals surface area contributed by atoms with Crippen LogP contribution in [0.15, 0.2) is 11.1 Å². The molecule has 212 valence electrons. The molecule has 4 rings (SSSR count). The van der Waals surface area contributed by atoms with Crippen LogP contribution in [-0.4, -0.2) is 47.1 Å². The molecule has 17 heteroatoms. The zero-order valence-electron chi connectivity index (χ0n) is 24.4. The van der Waals surface area contributed by atoms with Gasteiger partial charge in [-0.05, 0) is 40.0 Å². The summed E-state index contributed by atoms with van der Waals surface area (Å²) in [6.07, 6.45) is 0. The average molecular weight is 635 g/mol. The minimum atomic E-state index is -1.79. The summed E-state index contributed by atoms with van der Waals surface area (Å²) in [5, 5.41) is 59.2. The molecular formula is C31H7B6F4N6P. The van der Waals surface area contributed by atoms with E-state index < -0.39 is 107 Å². The van der Waals surface area contributed by atoms with Gasteiger partial charge in [-0.1, -0.05) is 27.3 Å². The van der Waals surface area contributed by atoms with Crippen molar-refractivity contribution in [1.82, 2.24) is 0 Å². The Morgan fingerprint density at radius 2 is 1.08 bits per heavy atom. The third kappa shape index (κ3) is 5.03. The second-order valence-electron chi connectivity index (χ2n) is 10.3. The molecule has 0 N–H and O–H groups in total. The normalized spacial score (nSPS) is 15.9. The summed E-state index contributed by atoms with van der Waals surface area (Å²) in [6.45, 7) is 1.40. The Morgan fingerprint density at radius 3 is 1.56 bits per heavy atom. The molecule has 0 aliphatic heterocycles. The van der Waals surface area contributed by atoms with Crippen LogP contribution in [0.25, 0.3) is 11.1 Å². The first-order valence-corrected chi connectivity index (χ1v) is 13.7. The van der Waals surface area contributed by atoms with Gasteiger partial charge in [0.05, 0.1) is 45.9 Å². The van der Waals surface area contributed by atoms with Crippen LogP contribution in [0.2, 0.25) is 0 Å². The van der Waals surface area contributed by atoms with Crippen molar-refractivity contribution >= 4 is 106 Å². The number of hydrogen-bond donors (Lipinski definition) is 0. The van der Waals surface area contributed by atoms with Crippen molar-refractivity contribution in [1.29, 1.82) is 31.6 Å². The third-order valence-electron chi connectivity index (χ3n) is 8.04. The van der Waals surface area contributed by atoms with E-state index in [9.17, 15) is 31.6 Å². The lowest BCUT2D eigenvalue weighted by Gasteiger charge is -2.20. The van der Waals surface area contributed by atoms with Crippen LogP contribution in [0.5, 0.6) is 0 Å². The standard InChI is InChI=1S/C31H7B6F4N6P/c1-8-9(2-42)23(34)29(40)20(31(8)48)12(5-45)17-15(10(3-43)18-24(35)21(32)13(6-46)27(38)26(18)37)16(17)11(4-44)19-25(36)22(33)14(7-47)28(39)30(19)41/h10,15H,48H2,1H3/b16-11+,17-12?. The molecule has 1 aliphatic carbocycles. The van der Waals surface area contributed by atoms with Crippen LogP contribution in [-0.2, 0) is 0 Å². The van der Waals surface area contributed by atoms with Crippen molar-refractivity contribution in [2.24, 2.45) is 5.92 Å². The van der Waals surface area contributed by atoms with Gasteiger partial charge in [-0.15, -0.1) is 9.24 Å². The van der Waals surface area contributed by atoms with E-state index in [4.69, 9.17) is 47.1 Å². The highest BCUT2D eigenvalue weighted by Gasteiger charge is 2.51. The topological polar surface area (TPSA) is 143 Å². The summed E-state index contributed by atoms with van der Waals surface area (Å²) in [5.41, 5.74) is -9.88. The molecular weight excluding hydrogens is 628 g/mol. The fourth-order valence-corrected chi connectivity index (χ4v) is 5.97. The Kier molecular flexibility index (Phi) is 9.62. The van der Waals surface area contributed by atoms with Gasteiger partial charge in [0, 0.05) is 17.0 Å². The van der Waals surface area contributed by atoms with Gasteiger partial charge in [0.25, 0.3) is 0 Å². The number of allylic oxidation sites excluding steroid dienone is 4. The Morgan fingerprint density at radius 1 is 0.604 bits per heavy atom. The van der Waals surface area contributed by atoms with Crippen molar-refractivity contribution in [3.8, 4) is 36.4 Å². The van der Waals surface area contributed by atoms with E-state index in [0.29, 0.717) is 0 Å². The quantitative estimate of drug-likeness (QED) is 0.150. The van der Waals surface area contributed by atoms with Crippen molar-refractivity contribution in [2.75, 3.05) is 0 Å². The van der Waals surface area contributed by atoms with Crippen LogP contribution >= 0.6 is 9.24 Å². The zero-order valence-corrected chi connectivity index (χ0v) is 25.5. The van der Waals surface area contributed by atoms with Crippen molar-refractivity contribution in [3.63, 3.8) is 0 Å². The van der Waals surface area contributed by atoms with Gasteiger partial charge in [-0.25, -0.2) is 17.6 Å². The molecule has 0 aromatic heterocycles. The van der Waals surface area contributed by atoms with Gasteiger partial charge in [0.1, 0.15) is 83.0 Å². The SMILES string of the molecule is [B]c1c(F)c(C(C#N)=C2/C(=C(\C#N)c3c([B])c([B])c(C#N)c(F)c3F)C2C(C#N)c2c([B])c([B])c(C#N)c(F)c2[B])c(P)c(C)c1C#N. The Balaban J connectivity index is 2.27. The first-order chi connectivity index (χ1) is 22.6. The lowest BCUT2D eigenvalue weighted by molar-refractivity contribution is 0.506. The van der Waals surface area contributed by atoms with Gasteiger partial charge in [0.15, 0.2) is 11.6 Å². The summed E-state index contributed by atoms with van der Waals surface area (Å²) in [6, 6.07) is 9.88. The monoisotopic (exact) mass is 636 g/mol. The zero-order chi connectivity index (χ0) is 36.1. The molecule has 3 atom stereocenters. The number of rotatable bonds is 4. The highest BCUT2D eigenvalue weighted by molar-refractivity contribution is 7.28. The van der Waals surface area contributed by atoms with Crippen molar-refractivity contribution in [3.05, 3.63) is 73.4 Å². The Hall–Kier alpha value is -5.38. The van der Waals surface area contributed by atoms with Crippen LogP contribution in [0.1, 0.15) is 44.9 Å². The van der Waals surface area contributed by atoms with Crippen molar-refractivity contribution < 1.29 is 17.6 Å². The lowest BCUT2D eigenvalue weighted by atomic mass is 9.67. The van der Waals surface area contributed by atoms with E-state index in [1.807, 2.05) is 6.07 Å². The second kappa shape index (κ2) is 13.0. The third-order valence-corrected chi connectivity index (χ3v) is 8.76. The molecule has 1 aliphatic rings. The molecule has 1 fully saturated rings. The number of benzene rings is 3. The van der Waals surface area contributed by atoms with E-state index in [2.05, 4.69) is 9.24 Å². The largest absolute Gasteiger partial charge is 0.207 e. The summed E-state index contributed by atoms with van der Waals surface area (Å²) < 4.78 is 61.7. The van der Waals surface area contributed by atoms with E-state index >= 15 is 17.6 Å². The molecule has 1 saturated carbocycles. The van der Waals surface area contributed by atoms with Gasteiger partial charge in [0.2, 0.25) is 0 Å². The Bertz CT molecular complexity index is 2170. The molecule has 0 amide bonds. The van der Waals surface area contributed by atoms with Gasteiger partial charge < -0.3 is 0 Å². The molecule has 0 saturated heterocycles. The second-order valence-corrected chi connectivity index (χ2v) is 10.9. The molecule has 48 heavy (non-hydrogen) atoms. The summed E-state index contributed by atoms with van der Waals surface area (Å²) in [4.78, 5) is 0. The molecule has 0 bridgehead atoms. The average Bonchev–Trinajstić information content (AvgIpc) is 3.78. The maximum absolute atomic E-state index is 15.9. The first-order valence-electron chi connectivity index (χ1n) is 13.1. The fraction of sp³-hybridized carbons (Fsp3) is 0.0968. The number of halogens is 4. The molecule has 6 nitrogen and oxygen atoms in total. The molecule has 0 spiro atoms. The van der Waals surface area contributed by atoms with E-state index in [1.54, 1.807) is 18.2 Å². The Labute approximate surface area is 282 Å².